The molecule has 1 heterocycles. The van der Waals surface area contributed by atoms with Gasteiger partial charge >= 0.3 is 0 Å². The second kappa shape index (κ2) is 7.15. The summed E-state index contributed by atoms with van der Waals surface area (Å²) in [6, 6.07) is 2.28. The summed E-state index contributed by atoms with van der Waals surface area (Å²) in [7, 11) is 0. The van der Waals surface area contributed by atoms with Gasteiger partial charge in [-0.05, 0) is 42.7 Å². The highest BCUT2D eigenvalue weighted by molar-refractivity contribution is 7.73. The molecule has 0 saturated carbocycles. The van der Waals surface area contributed by atoms with E-state index in [1.54, 1.807) is 0 Å². The van der Waals surface area contributed by atoms with Crippen molar-refractivity contribution in [2.24, 2.45) is 5.92 Å². The lowest BCUT2D eigenvalue weighted by atomic mass is 9.85. The minimum Gasteiger partial charge on any atom is -0.317 e. The molecule has 5 heteroatoms. The molecule has 1 N–H and O–H groups in total. The summed E-state index contributed by atoms with van der Waals surface area (Å²) in [4.78, 5) is 11.9. The van der Waals surface area contributed by atoms with Crippen LogP contribution in [-0.4, -0.2) is 5.91 Å². The SMILES string of the molecule is CCCCC(=O)Nc1sc(=S)c2c(c1C#N)CCC(C)C2. The highest BCUT2D eigenvalue weighted by Gasteiger charge is 2.23. The number of rotatable bonds is 4. The number of nitriles is 1. The minimum absolute atomic E-state index is 0.0249. The van der Waals surface area contributed by atoms with E-state index >= 15 is 0 Å². The molecule has 0 fully saturated rings. The van der Waals surface area contributed by atoms with Gasteiger partial charge in [0.1, 0.15) is 11.1 Å². The highest BCUT2D eigenvalue weighted by Crippen LogP contribution is 2.35. The third kappa shape index (κ3) is 3.69. The Balaban J connectivity index is 2.35. The number of carbonyl (C=O) groups is 1. The monoisotopic (exact) mass is 320 g/mol. The summed E-state index contributed by atoms with van der Waals surface area (Å²) < 4.78 is 0.821. The molecule has 0 spiro atoms. The van der Waals surface area contributed by atoms with Crippen LogP contribution in [-0.2, 0) is 17.6 Å². The molecule has 1 aromatic rings. The van der Waals surface area contributed by atoms with Gasteiger partial charge in [-0.25, -0.2) is 0 Å². The van der Waals surface area contributed by atoms with E-state index in [4.69, 9.17) is 12.2 Å². The third-order valence-electron chi connectivity index (χ3n) is 3.90. The topological polar surface area (TPSA) is 52.9 Å². The molecule has 0 aliphatic heterocycles. The van der Waals surface area contributed by atoms with Crippen LogP contribution in [0, 0.1) is 21.1 Å². The lowest BCUT2D eigenvalue weighted by Crippen LogP contribution is -2.16. The van der Waals surface area contributed by atoms with Crippen LogP contribution in [0.15, 0.2) is 0 Å². The molecule has 0 radical (unpaired) electrons. The summed E-state index contributed by atoms with van der Waals surface area (Å²) in [6.45, 7) is 4.27. The van der Waals surface area contributed by atoms with Crippen molar-refractivity contribution >= 4 is 34.5 Å². The molecule has 21 heavy (non-hydrogen) atoms. The molecule has 0 bridgehead atoms. The average Bonchev–Trinajstić information content (AvgIpc) is 2.46. The number of nitrogens with one attached hydrogen (secondary N) is 1. The molecule has 1 aliphatic carbocycles. The predicted molar refractivity (Wildman–Crippen MR) is 89.2 cm³/mol. The Labute approximate surface area is 135 Å². The summed E-state index contributed by atoms with van der Waals surface area (Å²) >= 11 is 6.85. The van der Waals surface area contributed by atoms with Crippen LogP contribution in [0.3, 0.4) is 0 Å². The van der Waals surface area contributed by atoms with Crippen molar-refractivity contribution < 1.29 is 4.79 Å². The van der Waals surface area contributed by atoms with Crippen molar-refractivity contribution in [2.75, 3.05) is 5.32 Å². The first kappa shape index (κ1) is 16.1. The maximum Gasteiger partial charge on any atom is 0.225 e. The van der Waals surface area contributed by atoms with Gasteiger partial charge in [-0.2, -0.15) is 5.26 Å². The van der Waals surface area contributed by atoms with E-state index in [1.807, 2.05) is 0 Å². The van der Waals surface area contributed by atoms with Crippen molar-refractivity contribution in [3.63, 3.8) is 0 Å². The van der Waals surface area contributed by atoms with Crippen LogP contribution in [0.2, 0.25) is 0 Å². The number of unbranched alkanes of at least 4 members (excludes halogenated alkanes) is 1. The van der Waals surface area contributed by atoms with Crippen LogP contribution in [0.25, 0.3) is 0 Å². The highest BCUT2D eigenvalue weighted by atomic mass is 32.1. The van der Waals surface area contributed by atoms with Crippen molar-refractivity contribution in [2.45, 2.75) is 52.4 Å². The Kier molecular flexibility index (Phi) is 5.49. The Morgan fingerprint density at radius 1 is 1.52 bits per heavy atom. The Bertz CT molecular complexity index is 643. The summed E-state index contributed by atoms with van der Waals surface area (Å²) in [6.07, 6.45) is 5.25. The van der Waals surface area contributed by atoms with Crippen LogP contribution < -0.4 is 5.32 Å². The van der Waals surface area contributed by atoms with Gasteiger partial charge in [0, 0.05) is 6.42 Å². The van der Waals surface area contributed by atoms with E-state index in [0.29, 0.717) is 22.9 Å². The van der Waals surface area contributed by atoms with E-state index < -0.39 is 0 Å². The Morgan fingerprint density at radius 2 is 2.29 bits per heavy atom. The number of hydrogen-bond acceptors (Lipinski definition) is 4. The maximum absolute atomic E-state index is 11.9. The second-order valence-corrected chi connectivity index (χ2v) is 7.35. The first-order valence-electron chi connectivity index (χ1n) is 7.45. The second-order valence-electron chi connectivity index (χ2n) is 5.66. The first-order chi connectivity index (χ1) is 10.1. The fraction of sp³-hybridized carbons (Fsp3) is 0.562. The molecular weight excluding hydrogens is 300 g/mol. The molecular formula is C16H20N2OS2. The fourth-order valence-electron chi connectivity index (χ4n) is 2.67. The van der Waals surface area contributed by atoms with Gasteiger partial charge in [-0.1, -0.05) is 32.5 Å². The van der Waals surface area contributed by atoms with E-state index in [2.05, 4.69) is 25.2 Å². The number of fused-ring (bicyclic) bond motifs is 1. The number of amides is 1. The molecule has 3 nitrogen and oxygen atoms in total. The molecule has 1 aliphatic rings. The van der Waals surface area contributed by atoms with Gasteiger partial charge in [0.05, 0.1) is 9.39 Å². The van der Waals surface area contributed by atoms with Gasteiger partial charge < -0.3 is 5.32 Å². The zero-order valence-electron chi connectivity index (χ0n) is 12.5. The Hall–Kier alpha value is -1.25. The molecule has 1 atom stereocenters. The van der Waals surface area contributed by atoms with Crippen molar-refractivity contribution in [3.05, 3.63) is 20.5 Å². The largest absolute Gasteiger partial charge is 0.317 e. The lowest BCUT2D eigenvalue weighted by Gasteiger charge is -2.23. The standard InChI is InChI=1S/C16H20N2OS2/c1-3-4-5-14(19)18-15-13(9-17)11-7-6-10(2)8-12(11)16(20)21-15/h10H,3-8H2,1-2H3,(H,18,19). The zero-order valence-corrected chi connectivity index (χ0v) is 14.1. The van der Waals surface area contributed by atoms with Gasteiger partial charge in [0.25, 0.3) is 0 Å². The van der Waals surface area contributed by atoms with Crippen LogP contribution in [0.5, 0.6) is 0 Å². The third-order valence-corrected chi connectivity index (χ3v) is 5.33. The number of carbonyl (C=O) groups excluding carboxylic acids is 1. The summed E-state index contributed by atoms with van der Waals surface area (Å²) in [5.74, 6) is 0.589. The van der Waals surface area contributed by atoms with Crippen molar-refractivity contribution in [1.82, 2.24) is 0 Å². The molecule has 112 valence electrons. The average molecular weight is 320 g/mol. The smallest absolute Gasteiger partial charge is 0.225 e. The quantitative estimate of drug-likeness (QED) is 0.825. The van der Waals surface area contributed by atoms with E-state index in [-0.39, 0.29) is 5.91 Å². The molecule has 0 saturated heterocycles. The van der Waals surface area contributed by atoms with E-state index in [0.717, 1.165) is 47.1 Å². The molecule has 1 unspecified atom stereocenters. The van der Waals surface area contributed by atoms with E-state index in [9.17, 15) is 10.1 Å². The fourth-order valence-corrected chi connectivity index (χ4v) is 4.08. The maximum atomic E-state index is 11.9. The van der Waals surface area contributed by atoms with Crippen molar-refractivity contribution in [3.8, 4) is 6.07 Å². The number of anilines is 1. The molecule has 2 rings (SSSR count). The summed E-state index contributed by atoms with van der Waals surface area (Å²) in [5.41, 5.74) is 2.84. The number of nitrogens with zero attached hydrogens (tertiary/aromatic N) is 1. The number of hydrogen-bond donors (Lipinski definition) is 1. The minimum atomic E-state index is -0.0249. The molecule has 0 aromatic carbocycles. The van der Waals surface area contributed by atoms with Gasteiger partial charge in [0.2, 0.25) is 5.91 Å². The summed E-state index contributed by atoms with van der Waals surface area (Å²) in [5, 5.41) is 13.0. The van der Waals surface area contributed by atoms with Crippen LogP contribution in [0.1, 0.15) is 56.2 Å². The van der Waals surface area contributed by atoms with Gasteiger partial charge in [-0.15, -0.1) is 11.3 Å². The normalized spacial score (nSPS) is 16.9. The van der Waals surface area contributed by atoms with Gasteiger partial charge in [0.15, 0.2) is 0 Å². The molecule has 1 amide bonds. The first-order valence-corrected chi connectivity index (χ1v) is 8.68. The van der Waals surface area contributed by atoms with Crippen LogP contribution >= 0.6 is 23.6 Å². The van der Waals surface area contributed by atoms with Crippen molar-refractivity contribution in [1.29, 1.82) is 5.26 Å². The zero-order chi connectivity index (χ0) is 15.4. The van der Waals surface area contributed by atoms with E-state index in [1.165, 1.54) is 11.3 Å². The Morgan fingerprint density at radius 3 is 2.95 bits per heavy atom. The van der Waals surface area contributed by atoms with Gasteiger partial charge in [-0.3, -0.25) is 4.79 Å². The van der Waals surface area contributed by atoms with Crippen LogP contribution in [0.4, 0.5) is 5.00 Å². The predicted octanol–water partition coefficient (Wildman–Crippen LogP) is 4.60. The lowest BCUT2D eigenvalue weighted by molar-refractivity contribution is -0.116. The molecule has 1 aromatic heterocycles.